The van der Waals surface area contributed by atoms with Gasteiger partial charge in [-0.3, -0.25) is 0 Å². The predicted molar refractivity (Wildman–Crippen MR) is 55.6 cm³/mol. The number of nitrogens with one attached hydrogen (secondary N) is 1. The Hall–Kier alpha value is -0.0800. The monoisotopic (exact) mass is 182 g/mol. The Morgan fingerprint density at radius 1 is 0.846 bits per heavy atom. The second kappa shape index (κ2) is 4.43. The van der Waals surface area contributed by atoms with Crippen molar-refractivity contribution in [2.45, 2.75) is 69.5 Å². The zero-order chi connectivity index (χ0) is 9.10. The van der Waals surface area contributed by atoms with Crippen molar-refractivity contribution in [2.24, 2.45) is 5.73 Å². The van der Waals surface area contributed by atoms with E-state index in [1.54, 1.807) is 0 Å². The van der Waals surface area contributed by atoms with Crippen molar-refractivity contribution < 1.29 is 0 Å². The summed E-state index contributed by atoms with van der Waals surface area (Å²) >= 11 is 0. The van der Waals surface area contributed by atoms with E-state index in [9.17, 15) is 0 Å². The summed E-state index contributed by atoms with van der Waals surface area (Å²) in [6, 6.07) is 1.83. The van der Waals surface area contributed by atoms with Crippen LogP contribution in [0.2, 0.25) is 0 Å². The summed E-state index contributed by atoms with van der Waals surface area (Å²) in [5.74, 6) is 0. The molecular weight excluding hydrogens is 160 g/mol. The number of rotatable bonds is 2. The molecule has 3 N–H and O–H groups in total. The van der Waals surface area contributed by atoms with Crippen LogP contribution < -0.4 is 11.1 Å². The maximum atomic E-state index is 6.09. The van der Waals surface area contributed by atoms with Gasteiger partial charge < -0.3 is 11.1 Å². The van der Waals surface area contributed by atoms with E-state index in [2.05, 4.69) is 5.32 Å². The van der Waals surface area contributed by atoms with Crippen LogP contribution in [0, 0.1) is 0 Å². The molecule has 0 unspecified atom stereocenters. The normalized spacial score (nSPS) is 36.7. The number of hydrogen-bond donors (Lipinski definition) is 2. The zero-order valence-corrected chi connectivity index (χ0v) is 8.47. The van der Waals surface area contributed by atoms with E-state index in [1.807, 2.05) is 0 Å². The fraction of sp³-hybridized carbons (Fsp3) is 1.00. The van der Waals surface area contributed by atoms with E-state index in [0.29, 0.717) is 12.1 Å². The van der Waals surface area contributed by atoms with Crippen molar-refractivity contribution in [1.82, 2.24) is 5.32 Å². The lowest BCUT2D eigenvalue weighted by Gasteiger charge is -2.31. The van der Waals surface area contributed by atoms with Crippen LogP contribution in [0.5, 0.6) is 0 Å². The van der Waals surface area contributed by atoms with Gasteiger partial charge in [0.1, 0.15) is 0 Å². The first kappa shape index (κ1) is 9.47. The molecule has 76 valence electrons. The third-order valence-electron chi connectivity index (χ3n) is 3.62. The molecule has 0 aromatic carbocycles. The lowest BCUT2D eigenvalue weighted by Crippen LogP contribution is -2.50. The molecule has 0 saturated heterocycles. The Balaban J connectivity index is 1.78. The molecule has 2 aliphatic carbocycles. The second-order valence-corrected chi connectivity index (χ2v) is 4.70. The van der Waals surface area contributed by atoms with Crippen LogP contribution in [-0.2, 0) is 0 Å². The first-order chi connectivity index (χ1) is 6.36. The summed E-state index contributed by atoms with van der Waals surface area (Å²) in [5.41, 5.74) is 6.09. The molecule has 2 atom stereocenters. The van der Waals surface area contributed by atoms with Crippen LogP contribution in [0.4, 0.5) is 0 Å². The summed E-state index contributed by atoms with van der Waals surface area (Å²) in [5, 5.41) is 3.74. The highest BCUT2D eigenvalue weighted by molar-refractivity contribution is 4.87. The van der Waals surface area contributed by atoms with E-state index >= 15 is 0 Å². The number of hydrogen-bond acceptors (Lipinski definition) is 2. The Morgan fingerprint density at radius 2 is 1.46 bits per heavy atom. The van der Waals surface area contributed by atoms with Crippen molar-refractivity contribution in [2.75, 3.05) is 0 Å². The van der Waals surface area contributed by atoms with E-state index < -0.39 is 0 Å². The average molecular weight is 182 g/mol. The van der Waals surface area contributed by atoms with Crippen LogP contribution in [0.25, 0.3) is 0 Å². The third-order valence-corrected chi connectivity index (χ3v) is 3.62. The zero-order valence-electron chi connectivity index (χ0n) is 8.47. The third kappa shape index (κ3) is 2.44. The molecular formula is C11H22N2. The SMILES string of the molecule is N[C@@H]1CCCC[C@H]1NC1CCCC1. The average Bonchev–Trinajstić information content (AvgIpc) is 2.61. The van der Waals surface area contributed by atoms with Crippen molar-refractivity contribution in [1.29, 1.82) is 0 Å². The van der Waals surface area contributed by atoms with Gasteiger partial charge in [-0.05, 0) is 25.7 Å². The van der Waals surface area contributed by atoms with Gasteiger partial charge >= 0.3 is 0 Å². The Morgan fingerprint density at radius 3 is 2.15 bits per heavy atom. The Labute approximate surface area is 81.3 Å². The van der Waals surface area contributed by atoms with Crippen LogP contribution in [0.15, 0.2) is 0 Å². The smallest absolute Gasteiger partial charge is 0.0221 e. The highest BCUT2D eigenvalue weighted by Gasteiger charge is 2.25. The van der Waals surface area contributed by atoms with Gasteiger partial charge in [-0.15, -0.1) is 0 Å². The predicted octanol–water partition coefficient (Wildman–Crippen LogP) is 1.79. The molecule has 2 aliphatic rings. The fourth-order valence-corrected chi connectivity index (χ4v) is 2.76. The molecule has 0 aromatic heterocycles. The van der Waals surface area contributed by atoms with Gasteiger partial charge in [-0.1, -0.05) is 25.7 Å². The van der Waals surface area contributed by atoms with E-state index in [-0.39, 0.29) is 0 Å². The fourth-order valence-electron chi connectivity index (χ4n) is 2.76. The molecule has 2 heteroatoms. The summed E-state index contributed by atoms with van der Waals surface area (Å²) in [6.45, 7) is 0. The molecule has 0 spiro atoms. The van der Waals surface area contributed by atoms with Gasteiger partial charge in [0, 0.05) is 18.1 Å². The number of nitrogens with two attached hydrogens (primary N) is 1. The molecule has 0 radical (unpaired) electrons. The minimum atomic E-state index is 0.425. The van der Waals surface area contributed by atoms with Gasteiger partial charge in [0.25, 0.3) is 0 Å². The van der Waals surface area contributed by atoms with Gasteiger partial charge in [0.15, 0.2) is 0 Å². The highest BCUT2D eigenvalue weighted by atomic mass is 15.0. The molecule has 0 amide bonds. The molecule has 13 heavy (non-hydrogen) atoms. The Bertz CT molecular complexity index is 152. The molecule has 0 aromatic rings. The minimum absolute atomic E-state index is 0.425. The molecule has 0 aliphatic heterocycles. The second-order valence-electron chi connectivity index (χ2n) is 4.70. The molecule has 0 bridgehead atoms. The molecule has 2 saturated carbocycles. The summed E-state index contributed by atoms with van der Waals surface area (Å²) in [6.07, 6.45) is 10.8. The van der Waals surface area contributed by atoms with Gasteiger partial charge in [-0.25, -0.2) is 0 Å². The van der Waals surface area contributed by atoms with Gasteiger partial charge in [0.05, 0.1) is 0 Å². The van der Waals surface area contributed by atoms with E-state index in [4.69, 9.17) is 5.73 Å². The van der Waals surface area contributed by atoms with Crippen molar-refractivity contribution in [3.05, 3.63) is 0 Å². The van der Waals surface area contributed by atoms with Crippen LogP contribution in [0.1, 0.15) is 51.4 Å². The van der Waals surface area contributed by atoms with E-state index in [1.165, 1.54) is 51.4 Å². The van der Waals surface area contributed by atoms with Crippen molar-refractivity contribution >= 4 is 0 Å². The van der Waals surface area contributed by atoms with Crippen LogP contribution in [-0.4, -0.2) is 18.1 Å². The molecule has 2 rings (SSSR count). The lowest BCUT2D eigenvalue weighted by molar-refractivity contribution is 0.300. The maximum absolute atomic E-state index is 6.09. The van der Waals surface area contributed by atoms with Crippen molar-refractivity contribution in [3.63, 3.8) is 0 Å². The first-order valence-corrected chi connectivity index (χ1v) is 5.88. The van der Waals surface area contributed by atoms with Crippen LogP contribution in [0.3, 0.4) is 0 Å². The van der Waals surface area contributed by atoms with Gasteiger partial charge in [-0.2, -0.15) is 0 Å². The molecule has 2 nitrogen and oxygen atoms in total. The topological polar surface area (TPSA) is 38.0 Å². The minimum Gasteiger partial charge on any atom is -0.326 e. The Kier molecular flexibility index (Phi) is 3.23. The largest absolute Gasteiger partial charge is 0.326 e. The first-order valence-electron chi connectivity index (χ1n) is 5.88. The molecule has 2 fully saturated rings. The van der Waals surface area contributed by atoms with Gasteiger partial charge in [0.2, 0.25) is 0 Å². The lowest BCUT2D eigenvalue weighted by atomic mass is 9.90. The summed E-state index contributed by atoms with van der Waals surface area (Å²) in [4.78, 5) is 0. The summed E-state index contributed by atoms with van der Waals surface area (Å²) in [7, 11) is 0. The maximum Gasteiger partial charge on any atom is 0.0221 e. The standard InChI is InChI=1S/C11H22N2/c12-10-7-3-4-8-11(10)13-9-5-1-2-6-9/h9-11,13H,1-8,12H2/t10-,11-/m1/s1. The quantitative estimate of drug-likeness (QED) is 0.683. The van der Waals surface area contributed by atoms with Crippen LogP contribution >= 0.6 is 0 Å². The molecule has 0 heterocycles. The highest BCUT2D eigenvalue weighted by Crippen LogP contribution is 2.22. The van der Waals surface area contributed by atoms with E-state index in [0.717, 1.165) is 6.04 Å². The summed E-state index contributed by atoms with van der Waals surface area (Å²) < 4.78 is 0. The van der Waals surface area contributed by atoms with Crippen molar-refractivity contribution in [3.8, 4) is 0 Å².